The van der Waals surface area contributed by atoms with Crippen molar-refractivity contribution in [3.05, 3.63) is 52.0 Å². The highest BCUT2D eigenvalue weighted by Crippen LogP contribution is 2.33. The molecule has 0 aliphatic carbocycles. The van der Waals surface area contributed by atoms with Gasteiger partial charge in [-0.3, -0.25) is 4.79 Å². The second-order valence-corrected chi connectivity index (χ2v) is 5.42. The predicted molar refractivity (Wildman–Crippen MR) is 80.8 cm³/mol. The molecule has 1 heterocycles. The minimum Gasteiger partial charge on any atom is -0.481 e. The molecule has 0 saturated carbocycles. The van der Waals surface area contributed by atoms with Crippen molar-refractivity contribution in [2.45, 2.75) is 6.42 Å². The lowest BCUT2D eigenvalue weighted by Crippen LogP contribution is -2.00. The third-order valence-electron chi connectivity index (χ3n) is 3.07. The summed E-state index contributed by atoms with van der Waals surface area (Å²) >= 11 is 11.9. The number of fused-ring (bicyclic) bond motifs is 1. The molecule has 2 aromatic carbocycles. The summed E-state index contributed by atoms with van der Waals surface area (Å²) in [6.07, 6.45) is -0.163. The molecule has 3 aromatic rings. The van der Waals surface area contributed by atoms with Gasteiger partial charge in [-0.05, 0) is 42.0 Å². The van der Waals surface area contributed by atoms with Crippen molar-refractivity contribution in [1.29, 1.82) is 0 Å². The van der Waals surface area contributed by atoms with Crippen molar-refractivity contribution >= 4 is 40.1 Å². The Balaban J connectivity index is 2.19. The zero-order valence-electron chi connectivity index (χ0n) is 10.6. The van der Waals surface area contributed by atoms with E-state index in [-0.39, 0.29) is 6.42 Å². The quantitative estimate of drug-likeness (QED) is 0.775. The molecule has 0 saturated heterocycles. The number of carboxylic acid groups (broad SMARTS) is 1. The van der Waals surface area contributed by atoms with Gasteiger partial charge in [0, 0.05) is 15.6 Å². The lowest BCUT2D eigenvalue weighted by atomic mass is 10.0. The summed E-state index contributed by atoms with van der Waals surface area (Å²) in [5.41, 5.74) is 1.83. The fourth-order valence-electron chi connectivity index (χ4n) is 2.18. The van der Waals surface area contributed by atoms with E-state index in [4.69, 9.17) is 32.8 Å². The van der Waals surface area contributed by atoms with E-state index in [1.165, 1.54) is 0 Å². The average molecular weight is 322 g/mol. The van der Waals surface area contributed by atoms with Gasteiger partial charge in [-0.15, -0.1) is 0 Å². The highest BCUT2D eigenvalue weighted by molar-refractivity contribution is 6.31. The molecular weight excluding hydrogens is 313 g/mol. The normalized spacial score (nSPS) is 11.0. The number of aliphatic carboxylic acids is 1. The van der Waals surface area contributed by atoms with E-state index < -0.39 is 5.97 Å². The molecule has 0 fully saturated rings. The van der Waals surface area contributed by atoms with Gasteiger partial charge in [0.15, 0.2) is 5.76 Å². The molecule has 1 aromatic heterocycles. The van der Waals surface area contributed by atoms with Gasteiger partial charge in [0.1, 0.15) is 5.52 Å². The zero-order chi connectivity index (χ0) is 15.0. The van der Waals surface area contributed by atoms with E-state index in [1.807, 2.05) is 0 Å². The van der Waals surface area contributed by atoms with Crippen LogP contribution in [-0.4, -0.2) is 16.2 Å². The zero-order valence-corrected chi connectivity index (χ0v) is 12.1. The fraction of sp³-hybridized carbons (Fsp3) is 0.0667. The number of rotatable bonds is 3. The van der Waals surface area contributed by atoms with Crippen molar-refractivity contribution in [3.63, 3.8) is 0 Å². The van der Waals surface area contributed by atoms with E-state index >= 15 is 0 Å². The Labute approximate surface area is 129 Å². The highest BCUT2D eigenvalue weighted by atomic mass is 35.5. The molecule has 0 unspecified atom stereocenters. The summed E-state index contributed by atoms with van der Waals surface area (Å²) in [5.74, 6) is -0.412. The third-order valence-corrected chi connectivity index (χ3v) is 3.54. The molecule has 3 rings (SSSR count). The summed E-state index contributed by atoms with van der Waals surface area (Å²) in [7, 11) is 0. The molecule has 21 heavy (non-hydrogen) atoms. The third kappa shape index (κ3) is 2.73. The van der Waals surface area contributed by atoms with Crippen LogP contribution < -0.4 is 0 Å². The summed E-state index contributed by atoms with van der Waals surface area (Å²) in [6.45, 7) is 0. The van der Waals surface area contributed by atoms with Crippen molar-refractivity contribution in [3.8, 4) is 11.3 Å². The molecule has 0 amide bonds. The maximum absolute atomic E-state index is 10.9. The highest BCUT2D eigenvalue weighted by Gasteiger charge is 2.16. The number of aromatic nitrogens is 1. The Morgan fingerprint density at radius 2 is 1.86 bits per heavy atom. The molecule has 106 valence electrons. The Morgan fingerprint density at radius 1 is 1.14 bits per heavy atom. The number of benzene rings is 2. The summed E-state index contributed by atoms with van der Waals surface area (Å²) < 4.78 is 5.37. The minimum atomic E-state index is -0.949. The molecule has 1 N–H and O–H groups in total. The Morgan fingerprint density at radius 3 is 2.52 bits per heavy atom. The first kappa shape index (κ1) is 13.9. The summed E-state index contributed by atoms with van der Waals surface area (Å²) in [5, 5.41) is 14.7. The van der Waals surface area contributed by atoms with E-state index in [9.17, 15) is 4.79 Å². The van der Waals surface area contributed by atoms with E-state index in [2.05, 4.69) is 5.16 Å². The van der Waals surface area contributed by atoms with Crippen LogP contribution in [0, 0.1) is 0 Å². The van der Waals surface area contributed by atoms with Gasteiger partial charge in [-0.2, -0.15) is 0 Å². The SMILES string of the molecule is O=C(O)Cc1cc(Cl)cc2c(-c3ccc(Cl)cc3)onc12. The van der Waals surface area contributed by atoms with Crippen molar-refractivity contribution in [1.82, 2.24) is 5.16 Å². The van der Waals surface area contributed by atoms with E-state index in [0.717, 1.165) is 5.56 Å². The second-order valence-electron chi connectivity index (χ2n) is 4.55. The van der Waals surface area contributed by atoms with Crippen LogP contribution in [0.1, 0.15) is 5.56 Å². The Hall–Kier alpha value is -2.04. The largest absolute Gasteiger partial charge is 0.481 e. The van der Waals surface area contributed by atoms with E-state index in [0.29, 0.717) is 32.3 Å². The maximum atomic E-state index is 10.9. The standard InChI is InChI=1S/C15H9Cl2NO3/c16-10-3-1-8(2-4-10)15-12-7-11(17)5-9(6-13(19)20)14(12)18-21-15/h1-5,7H,6H2,(H,19,20). The monoisotopic (exact) mass is 321 g/mol. The van der Waals surface area contributed by atoms with Crippen LogP contribution in [0.3, 0.4) is 0 Å². The first-order valence-electron chi connectivity index (χ1n) is 6.10. The molecular formula is C15H9Cl2NO3. The molecule has 0 aliphatic heterocycles. The number of carboxylic acids is 1. The Bertz CT molecular complexity index is 825. The molecule has 0 spiro atoms. The molecule has 0 atom stereocenters. The minimum absolute atomic E-state index is 0.163. The van der Waals surface area contributed by atoms with Crippen LogP contribution in [0.25, 0.3) is 22.2 Å². The van der Waals surface area contributed by atoms with Crippen LogP contribution in [0.2, 0.25) is 10.0 Å². The topological polar surface area (TPSA) is 63.3 Å². The lowest BCUT2D eigenvalue weighted by molar-refractivity contribution is -0.136. The van der Waals surface area contributed by atoms with Crippen LogP contribution in [0.5, 0.6) is 0 Å². The van der Waals surface area contributed by atoms with Crippen LogP contribution >= 0.6 is 23.2 Å². The van der Waals surface area contributed by atoms with Crippen LogP contribution in [0.4, 0.5) is 0 Å². The van der Waals surface area contributed by atoms with Gasteiger partial charge in [-0.25, -0.2) is 0 Å². The Kier molecular flexibility index (Phi) is 3.57. The van der Waals surface area contributed by atoms with Gasteiger partial charge < -0.3 is 9.63 Å². The number of nitrogens with zero attached hydrogens (tertiary/aromatic N) is 1. The fourth-order valence-corrected chi connectivity index (χ4v) is 2.55. The smallest absolute Gasteiger partial charge is 0.307 e. The lowest BCUT2D eigenvalue weighted by Gasteiger charge is -2.01. The van der Waals surface area contributed by atoms with Gasteiger partial charge in [0.2, 0.25) is 0 Å². The number of carbonyl (C=O) groups is 1. The first-order valence-corrected chi connectivity index (χ1v) is 6.86. The predicted octanol–water partition coefficient (Wildman–Crippen LogP) is 4.43. The van der Waals surface area contributed by atoms with Crippen molar-refractivity contribution < 1.29 is 14.4 Å². The number of hydrogen-bond acceptors (Lipinski definition) is 3. The molecule has 4 nitrogen and oxygen atoms in total. The van der Waals surface area contributed by atoms with Gasteiger partial charge in [0.05, 0.1) is 11.8 Å². The van der Waals surface area contributed by atoms with Crippen LogP contribution in [0.15, 0.2) is 40.9 Å². The van der Waals surface area contributed by atoms with Gasteiger partial charge in [-0.1, -0.05) is 28.4 Å². The van der Waals surface area contributed by atoms with Crippen molar-refractivity contribution in [2.75, 3.05) is 0 Å². The number of halogens is 2. The molecule has 0 radical (unpaired) electrons. The molecule has 0 aliphatic rings. The average Bonchev–Trinajstić information content (AvgIpc) is 2.83. The van der Waals surface area contributed by atoms with Crippen molar-refractivity contribution in [2.24, 2.45) is 0 Å². The summed E-state index contributed by atoms with van der Waals surface area (Å²) in [6, 6.07) is 10.4. The van der Waals surface area contributed by atoms with Crippen LogP contribution in [-0.2, 0) is 11.2 Å². The molecule has 6 heteroatoms. The molecule has 0 bridgehead atoms. The van der Waals surface area contributed by atoms with Gasteiger partial charge in [0.25, 0.3) is 0 Å². The first-order chi connectivity index (χ1) is 10.0. The van der Waals surface area contributed by atoms with E-state index in [1.54, 1.807) is 36.4 Å². The van der Waals surface area contributed by atoms with Gasteiger partial charge >= 0.3 is 5.97 Å². The second kappa shape index (κ2) is 5.39. The number of hydrogen-bond donors (Lipinski definition) is 1. The summed E-state index contributed by atoms with van der Waals surface area (Å²) in [4.78, 5) is 10.9. The maximum Gasteiger partial charge on any atom is 0.307 e.